The molecule has 0 saturated carbocycles. The Bertz CT molecular complexity index is 747. The summed E-state index contributed by atoms with van der Waals surface area (Å²) in [5.41, 5.74) is 1.33. The number of hydrogen-bond acceptors (Lipinski definition) is 4. The van der Waals surface area contributed by atoms with E-state index in [4.69, 9.17) is 11.6 Å². The van der Waals surface area contributed by atoms with Crippen LogP contribution < -0.4 is 5.32 Å². The molecule has 1 N–H and O–H groups in total. The number of nitrogens with one attached hydrogen (secondary N) is 1. The van der Waals surface area contributed by atoms with Crippen LogP contribution in [0.3, 0.4) is 0 Å². The smallest absolute Gasteiger partial charge is 0.159 e. The van der Waals surface area contributed by atoms with Crippen molar-refractivity contribution < 1.29 is 0 Å². The van der Waals surface area contributed by atoms with E-state index in [0.717, 1.165) is 23.1 Å². The van der Waals surface area contributed by atoms with Crippen LogP contribution in [0.4, 0.5) is 5.82 Å². The zero-order valence-electron chi connectivity index (χ0n) is 11.3. The zero-order chi connectivity index (χ0) is 14.1. The number of rotatable bonds is 3. The molecule has 3 rings (SSSR count). The van der Waals surface area contributed by atoms with Gasteiger partial charge in [-0.2, -0.15) is 0 Å². The Kier molecular flexibility index (Phi) is 3.59. The van der Waals surface area contributed by atoms with Gasteiger partial charge in [0, 0.05) is 20.5 Å². The van der Waals surface area contributed by atoms with E-state index >= 15 is 0 Å². The SMILES string of the molecule is Cc1cc(CNc2nnc(Cl)c3ccccc23)sc1C. The molecule has 0 aliphatic heterocycles. The first-order chi connectivity index (χ1) is 9.65. The van der Waals surface area contributed by atoms with Gasteiger partial charge in [-0.15, -0.1) is 21.5 Å². The summed E-state index contributed by atoms with van der Waals surface area (Å²) in [6.45, 7) is 5.02. The molecule has 0 spiro atoms. The first-order valence-electron chi connectivity index (χ1n) is 6.36. The van der Waals surface area contributed by atoms with Crippen molar-refractivity contribution in [2.45, 2.75) is 20.4 Å². The van der Waals surface area contributed by atoms with E-state index in [-0.39, 0.29) is 0 Å². The molecule has 5 heteroatoms. The molecular weight excluding hydrogens is 290 g/mol. The van der Waals surface area contributed by atoms with Gasteiger partial charge in [-0.3, -0.25) is 0 Å². The summed E-state index contributed by atoms with van der Waals surface area (Å²) in [5.74, 6) is 0.772. The predicted octanol–water partition coefficient (Wildman–Crippen LogP) is 4.57. The monoisotopic (exact) mass is 303 g/mol. The Balaban J connectivity index is 1.89. The molecule has 3 aromatic rings. The lowest BCUT2D eigenvalue weighted by Gasteiger charge is -2.07. The number of fused-ring (bicyclic) bond motifs is 1. The minimum atomic E-state index is 0.439. The van der Waals surface area contributed by atoms with Crippen LogP contribution in [0.1, 0.15) is 15.3 Å². The normalized spacial score (nSPS) is 10.9. The van der Waals surface area contributed by atoms with Crippen LogP contribution in [0.5, 0.6) is 0 Å². The van der Waals surface area contributed by atoms with Crippen LogP contribution in [0.2, 0.25) is 5.15 Å². The predicted molar refractivity (Wildman–Crippen MR) is 85.7 cm³/mol. The van der Waals surface area contributed by atoms with Gasteiger partial charge in [0.25, 0.3) is 0 Å². The Morgan fingerprint density at radius 3 is 2.60 bits per heavy atom. The topological polar surface area (TPSA) is 37.8 Å². The van der Waals surface area contributed by atoms with Crippen LogP contribution in [0, 0.1) is 13.8 Å². The Morgan fingerprint density at radius 2 is 1.90 bits per heavy atom. The molecule has 0 aliphatic rings. The highest BCUT2D eigenvalue weighted by Crippen LogP contribution is 2.27. The Morgan fingerprint density at radius 1 is 1.15 bits per heavy atom. The number of halogens is 1. The molecule has 0 radical (unpaired) electrons. The summed E-state index contributed by atoms with van der Waals surface area (Å²) in [6, 6.07) is 10.1. The molecule has 20 heavy (non-hydrogen) atoms. The van der Waals surface area contributed by atoms with Crippen molar-refractivity contribution >= 4 is 39.5 Å². The molecule has 0 unspecified atom stereocenters. The molecule has 0 fully saturated rings. The van der Waals surface area contributed by atoms with Gasteiger partial charge >= 0.3 is 0 Å². The van der Waals surface area contributed by atoms with Crippen LogP contribution in [-0.4, -0.2) is 10.2 Å². The standard InChI is InChI=1S/C15H14ClN3S/c1-9-7-11(20-10(9)2)8-17-15-13-6-4-3-5-12(13)14(16)18-19-15/h3-7H,8H2,1-2H3,(H,17,19). The van der Waals surface area contributed by atoms with Crippen molar-refractivity contribution in [2.75, 3.05) is 5.32 Å². The molecule has 0 atom stereocenters. The van der Waals surface area contributed by atoms with E-state index in [1.54, 1.807) is 11.3 Å². The summed E-state index contributed by atoms with van der Waals surface area (Å²) >= 11 is 7.88. The number of aryl methyl sites for hydroxylation is 2. The van der Waals surface area contributed by atoms with Crippen molar-refractivity contribution in [1.82, 2.24) is 10.2 Å². The number of anilines is 1. The minimum absolute atomic E-state index is 0.439. The summed E-state index contributed by atoms with van der Waals surface area (Å²) in [4.78, 5) is 2.65. The van der Waals surface area contributed by atoms with E-state index in [0.29, 0.717) is 5.15 Å². The molecule has 0 saturated heterocycles. The number of thiophene rings is 1. The molecule has 0 aliphatic carbocycles. The molecule has 2 heterocycles. The van der Waals surface area contributed by atoms with E-state index in [9.17, 15) is 0 Å². The fourth-order valence-electron chi connectivity index (χ4n) is 2.11. The lowest BCUT2D eigenvalue weighted by molar-refractivity contribution is 1.02. The molecule has 0 bridgehead atoms. The average Bonchev–Trinajstić information content (AvgIpc) is 2.77. The second-order valence-electron chi connectivity index (χ2n) is 4.69. The second kappa shape index (κ2) is 5.38. The fourth-order valence-corrected chi connectivity index (χ4v) is 3.31. The lowest BCUT2D eigenvalue weighted by atomic mass is 10.2. The van der Waals surface area contributed by atoms with Gasteiger partial charge in [0.05, 0.1) is 6.54 Å². The number of hydrogen-bond donors (Lipinski definition) is 1. The Hall–Kier alpha value is -1.65. The summed E-state index contributed by atoms with van der Waals surface area (Å²) in [7, 11) is 0. The van der Waals surface area contributed by atoms with Crippen molar-refractivity contribution in [3.63, 3.8) is 0 Å². The molecule has 0 amide bonds. The van der Waals surface area contributed by atoms with E-state index in [2.05, 4.69) is 35.4 Å². The molecule has 2 aromatic heterocycles. The maximum Gasteiger partial charge on any atom is 0.159 e. The minimum Gasteiger partial charge on any atom is -0.363 e. The van der Waals surface area contributed by atoms with Crippen LogP contribution in [0.15, 0.2) is 30.3 Å². The maximum absolute atomic E-state index is 6.07. The largest absolute Gasteiger partial charge is 0.363 e. The van der Waals surface area contributed by atoms with Gasteiger partial charge in [-0.1, -0.05) is 35.9 Å². The molecule has 1 aromatic carbocycles. The van der Waals surface area contributed by atoms with Crippen molar-refractivity contribution in [3.8, 4) is 0 Å². The number of aromatic nitrogens is 2. The van der Waals surface area contributed by atoms with Crippen molar-refractivity contribution in [2.24, 2.45) is 0 Å². The van der Waals surface area contributed by atoms with Crippen molar-refractivity contribution in [1.29, 1.82) is 0 Å². The summed E-state index contributed by atoms with van der Waals surface area (Å²) in [5, 5.41) is 13.9. The molecule has 102 valence electrons. The van der Waals surface area contributed by atoms with Crippen LogP contribution in [0.25, 0.3) is 10.8 Å². The summed E-state index contributed by atoms with van der Waals surface area (Å²) < 4.78 is 0. The second-order valence-corrected chi connectivity index (χ2v) is 6.39. The van der Waals surface area contributed by atoms with Crippen LogP contribution >= 0.6 is 22.9 Å². The zero-order valence-corrected chi connectivity index (χ0v) is 12.8. The van der Waals surface area contributed by atoms with E-state index < -0.39 is 0 Å². The van der Waals surface area contributed by atoms with E-state index in [1.807, 2.05) is 24.3 Å². The van der Waals surface area contributed by atoms with Crippen molar-refractivity contribution in [3.05, 3.63) is 50.8 Å². The van der Waals surface area contributed by atoms with Gasteiger partial charge in [0.1, 0.15) is 0 Å². The fraction of sp³-hybridized carbons (Fsp3) is 0.200. The van der Waals surface area contributed by atoms with E-state index in [1.165, 1.54) is 15.3 Å². The highest BCUT2D eigenvalue weighted by molar-refractivity contribution is 7.12. The van der Waals surface area contributed by atoms with Crippen LogP contribution in [-0.2, 0) is 6.54 Å². The Labute approximate surface area is 126 Å². The van der Waals surface area contributed by atoms with Gasteiger partial charge in [-0.25, -0.2) is 0 Å². The average molecular weight is 304 g/mol. The van der Waals surface area contributed by atoms with Gasteiger partial charge in [-0.05, 0) is 25.5 Å². The number of nitrogens with zero attached hydrogens (tertiary/aromatic N) is 2. The molecular formula is C15H14ClN3S. The summed E-state index contributed by atoms with van der Waals surface area (Å²) in [6.07, 6.45) is 0. The third kappa shape index (κ3) is 2.49. The van der Waals surface area contributed by atoms with Gasteiger partial charge in [0.15, 0.2) is 11.0 Å². The highest BCUT2D eigenvalue weighted by Gasteiger charge is 2.08. The third-order valence-corrected chi connectivity index (χ3v) is 4.72. The lowest BCUT2D eigenvalue weighted by Crippen LogP contribution is -2.02. The quantitative estimate of drug-likeness (QED) is 0.770. The van der Waals surface area contributed by atoms with Gasteiger partial charge < -0.3 is 5.32 Å². The first-order valence-corrected chi connectivity index (χ1v) is 7.55. The first kappa shape index (κ1) is 13.3. The molecule has 3 nitrogen and oxygen atoms in total. The third-order valence-electron chi connectivity index (χ3n) is 3.29. The highest BCUT2D eigenvalue weighted by atomic mass is 35.5. The number of benzene rings is 1. The van der Waals surface area contributed by atoms with Gasteiger partial charge in [0.2, 0.25) is 0 Å². The maximum atomic E-state index is 6.07.